The summed E-state index contributed by atoms with van der Waals surface area (Å²) >= 11 is 1.61. The first-order valence-corrected chi connectivity index (χ1v) is 10.1. The van der Waals surface area contributed by atoms with Crippen molar-refractivity contribution >= 4 is 37.9 Å². The summed E-state index contributed by atoms with van der Waals surface area (Å²) in [5.74, 6) is 1.87. The van der Waals surface area contributed by atoms with Crippen LogP contribution in [0.5, 0.6) is 0 Å². The largest absolute Gasteiger partial charge is 0.354 e. The molecule has 2 aromatic heterocycles. The number of hydrogen-bond acceptors (Lipinski definition) is 6. The Balaban J connectivity index is 1.84. The molecule has 1 aromatic carbocycles. The molecule has 0 unspecified atom stereocenters. The maximum atomic E-state index is 11.7. The number of sulfone groups is 1. The number of benzene rings is 1. The Hall–Kier alpha value is -1.99. The van der Waals surface area contributed by atoms with Gasteiger partial charge in [-0.15, -0.1) is 0 Å². The van der Waals surface area contributed by atoms with Crippen LogP contribution in [-0.2, 0) is 9.84 Å². The Morgan fingerprint density at radius 2 is 1.83 bits per heavy atom. The van der Waals surface area contributed by atoms with Crippen molar-refractivity contribution in [1.29, 1.82) is 0 Å². The summed E-state index contributed by atoms with van der Waals surface area (Å²) < 4.78 is 23.4. The maximum absolute atomic E-state index is 11.7. The molecule has 23 heavy (non-hydrogen) atoms. The van der Waals surface area contributed by atoms with Crippen LogP contribution in [-0.4, -0.2) is 43.0 Å². The quantitative estimate of drug-likeness (QED) is 0.714. The third-order valence-corrected chi connectivity index (χ3v) is 6.30. The lowest BCUT2D eigenvalue weighted by Gasteiger charge is -2.28. The predicted molar refractivity (Wildman–Crippen MR) is 93.7 cm³/mol. The van der Waals surface area contributed by atoms with Gasteiger partial charge in [0.15, 0.2) is 15.7 Å². The highest BCUT2D eigenvalue weighted by atomic mass is 32.2. The van der Waals surface area contributed by atoms with E-state index in [0.717, 1.165) is 22.3 Å². The summed E-state index contributed by atoms with van der Waals surface area (Å²) in [6.07, 6.45) is 0. The maximum Gasteiger partial charge on any atom is 0.162 e. The first-order chi connectivity index (χ1) is 11.1. The standard InChI is InChI=1S/C16H15N3O2S2/c20-23(21)9-6-19(7-10-23)16-13-3-1-2-4-14(13)17-15(18-16)12-5-8-22-11-12/h1-5,8,11H,6-7,9-10H2. The number of para-hydroxylation sites is 1. The molecule has 0 amide bonds. The van der Waals surface area contributed by atoms with Crippen LogP contribution < -0.4 is 4.90 Å². The second-order valence-corrected chi connectivity index (χ2v) is 8.62. The van der Waals surface area contributed by atoms with Crippen LogP contribution in [0.2, 0.25) is 0 Å². The van der Waals surface area contributed by atoms with E-state index in [0.29, 0.717) is 18.9 Å². The van der Waals surface area contributed by atoms with E-state index in [4.69, 9.17) is 4.98 Å². The third-order valence-electron chi connectivity index (χ3n) is 4.01. The molecule has 0 bridgehead atoms. The molecular weight excluding hydrogens is 330 g/mol. The van der Waals surface area contributed by atoms with Crippen LogP contribution in [0.15, 0.2) is 41.1 Å². The van der Waals surface area contributed by atoms with E-state index in [1.807, 2.05) is 41.1 Å². The van der Waals surface area contributed by atoms with Crippen LogP contribution in [0.1, 0.15) is 0 Å². The van der Waals surface area contributed by atoms with Crippen molar-refractivity contribution in [3.05, 3.63) is 41.1 Å². The topological polar surface area (TPSA) is 63.2 Å². The normalized spacial score (nSPS) is 17.5. The fraction of sp³-hybridized carbons (Fsp3) is 0.250. The van der Waals surface area contributed by atoms with E-state index in [2.05, 4.69) is 9.88 Å². The Morgan fingerprint density at radius 1 is 1.04 bits per heavy atom. The summed E-state index contributed by atoms with van der Waals surface area (Å²) in [4.78, 5) is 11.5. The molecule has 1 aliphatic heterocycles. The Morgan fingerprint density at radius 3 is 2.57 bits per heavy atom. The zero-order chi connectivity index (χ0) is 15.9. The van der Waals surface area contributed by atoms with Gasteiger partial charge in [-0.05, 0) is 23.6 Å². The summed E-state index contributed by atoms with van der Waals surface area (Å²) in [5.41, 5.74) is 1.87. The molecule has 1 saturated heterocycles. The predicted octanol–water partition coefficient (Wildman–Crippen LogP) is 2.59. The van der Waals surface area contributed by atoms with Gasteiger partial charge in [0.25, 0.3) is 0 Å². The minimum Gasteiger partial charge on any atom is -0.354 e. The average molecular weight is 345 g/mol. The molecule has 1 aliphatic rings. The highest BCUT2D eigenvalue weighted by molar-refractivity contribution is 7.91. The smallest absolute Gasteiger partial charge is 0.162 e. The molecule has 0 radical (unpaired) electrons. The van der Waals surface area contributed by atoms with Gasteiger partial charge in [-0.1, -0.05) is 12.1 Å². The zero-order valence-corrected chi connectivity index (χ0v) is 14.0. The Kier molecular flexibility index (Phi) is 3.54. The van der Waals surface area contributed by atoms with Gasteiger partial charge >= 0.3 is 0 Å². The van der Waals surface area contributed by atoms with Crippen molar-refractivity contribution in [2.24, 2.45) is 0 Å². The highest BCUT2D eigenvalue weighted by Crippen LogP contribution is 2.29. The van der Waals surface area contributed by atoms with Gasteiger partial charge in [0.2, 0.25) is 0 Å². The van der Waals surface area contributed by atoms with Gasteiger partial charge in [0.1, 0.15) is 5.82 Å². The zero-order valence-electron chi connectivity index (χ0n) is 12.3. The molecule has 0 spiro atoms. The van der Waals surface area contributed by atoms with Crippen molar-refractivity contribution in [2.45, 2.75) is 0 Å². The SMILES string of the molecule is O=S1(=O)CCN(c2nc(-c3ccsc3)nc3ccccc23)CC1. The molecule has 0 atom stereocenters. The molecule has 0 N–H and O–H groups in total. The van der Waals surface area contributed by atoms with Gasteiger partial charge in [-0.25, -0.2) is 18.4 Å². The van der Waals surface area contributed by atoms with Gasteiger partial charge in [0, 0.05) is 29.4 Å². The van der Waals surface area contributed by atoms with E-state index < -0.39 is 9.84 Å². The number of fused-ring (bicyclic) bond motifs is 1. The minimum absolute atomic E-state index is 0.180. The molecular formula is C16H15N3O2S2. The number of rotatable bonds is 2. The molecule has 5 nitrogen and oxygen atoms in total. The summed E-state index contributed by atoms with van der Waals surface area (Å²) in [6.45, 7) is 0.957. The summed E-state index contributed by atoms with van der Waals surface area (Å²) in [5, 5.41) is 4.99. The van der Waals surface area contributed by atoms with Gasteiger partial charge < -0.3 is 4.90 Å². The van der Waals surface area contributed by atoms with Crippen molar-refractivity contribution in [3.8, 4) is 11.4 Å². The van der Waals surface area contributed by atoms with E-state index in [-0.39, 0.29) is 11.5 Å². The number of hydrogen-bond donors (Lipinski definition) is 0. The van der Waals surface area contributed by atoms with Gasteiger partial charge in [0.05, 0.1) is 17.0 Å². The number of nitrogens with zero attached hydrogens (tertiary/aromatic N) is 3. The molecule has 4 rings (SSSR count). The minimum atomic E-state index is -2.91. The van der Waals surface area contributed by atoms with Crippen molar-refractivity contribution in [2.75, 3.05) is 29.5 Å². The summed E-state index contributed by atoms with van der Waals surface area (Å²) in [6, 6.07) is 9.87. The summed E-state index contributed by atoms with van der Waals surface area (Å²) in [7, 11) is -2.91. The monoisotopic (exact) mass is 345 g/mol. The van der Waals surface area contributed by atoms with Crippen LogP contribution in [0.25, 0.3) is 22.3 Å². The van der Waals surface area contributed by atoms with Crippen LogP contribution in [0.3, 0.4) is 0 Å². The van der Waals surface area contributed by atoms with E-state index in [1.165, 1.54) is 0 Å². The second kappa shape index (κ2) is 5.58. The highest BCUT2D eigenvalue weighted by Gasteiger charge is 2.24. The van der Waals surface area contributed by atoms with E-state index >= 15 is 0 Å². The van der Waals surface area contributed by atoms with Crippen LogP contribution >= 0.6 is 11.3 Å². The molecule has 3 heterocycles. The van der Waals surface area contributed by atoms with E-state index in [9.17, 15) is 8.42 Å². The Bertz CT molecular complexity index is 939. The second-order valence-electron chi connectivity index (χ2n) is 5.54. The number of anilines is 1. The van der Waals surface area contributed by atoms with E-state index in [1.54, 1.807) is 11.3 Å². The van der Waals surface area contributed by atoms with Crippen molar-refractivity contribution < 1.29 is 8.42 Å². The lowest BCUT2D eigenvalue weighted by atomic mass is 10.2. The molecule has 118 valence electrons. The lowest BCUT2D eigenvalue weighted by molar-refractivity contribution is 0.586. The molecule has 0 saturated carbocycles. The lowest BCUT2D eigenvalue weighted by Crippen LogP contribution is -2.40. The first-order valence-electron chi connectivity index (χ1n) is 7.37. The molecule has 0 aliphatic carbocycles. The van der Waals surface area contributed by atoms with Gasteiger partial charge in [-0.3, -0.25) is 0 Å². The van der Waals surface area contributed by atoms with Crippen molar-refractivity contribution in [3.63, 3.8) is 0 Å². The Labute approximate surface area is 138 Å². The van der Waals surface area contributed by atoms with Gasteiger partial charge in [-0.2, -0.15) is 11.3 Å². The van der Waals surface area contributed by atoms with Crippen LogP contribution in [0.4, 0.5) is 5.82 Å². The molecule has 1 fully saturated rings. The van der Waals surface area contributed by atoms with Crippen LogP contribution in [0, 0.1) is 0 Å². The fourth-order valence-electron chi connectivity index (χ4n) is 2.75. The first kappa shape index (κ1) is 14.6. The molecule has 7 heteroatoms. The van der Waals surface area contributed by atoms with Crippen molar-refractivity contribution in [1.82, 2.24) is 9.97 Å². The average Bonchev–Trinajstić information content (AvgIpc) is 3.08. The molecule has 3 aromatic rings. The number of aromatic nitrogens is 2. The fourth-order valence-corrected chi connectivity index (χ4v) is 4.58. The third kappa shape index (κ3) is 2.82. The number of thiophene rings is 1.